The molecule has 0 aliphatic heterocycles. The summed E-state index contributed by atoms with van der Waals surface area (Å²) >= 11 is 0. The second-order valence-corrected chi connectivity index (χ2v) is 7.46. The van der Waals surface area contributed by atoms with Gasteiger partial charge in [0.15, 0.2) is 0 Å². The molecule has 0 fully saturated rings. The van der Waals surface area contributed by atoms with Crippen LogP contribution in [0, 0.1) is 0 Å². The van der Waals surface area contributed by atoms with Crippen LogP contribution in [0.3, 0.4) is 0 Å². The zero-order valence-corrected chi connectivity index (χ0v) is 14.7. The Morgan fingerprint density at radius 1 is 0.846 bits per heavy atom. The molecule has 2 rings (SSSR count). The predicted octanol–water partition coefficient (Wildman–Crippen LogP) is 2.43. The van der Waals surface area contributed by atoms with E-state index in [1.807, 2.05) is 6.07 Å². The van der Waals surface area contributed by atoms with Gasteiger partial charge in [-0.2, -0.15) is 16.8 Å². The van der Waals surface area contributed by atoms with Gasteiger partial charge in [-0.05, 0) is 29.3 Å². The molecule has 4 N–H and O–H groups in total. The first-order valence-electron chi connectivity index (χ1n) is 6.67. The van der Waals surface area contributed by atoms with Crippen molar-refractivity contribution in [1.82, 2.24) is 6.15 Å². The molecule has 0 saturated carbocycles. The van der Waals surface area contributed by atoms with Gasteiger partial charge in [0.05, 0.1) is 5.41 Å². The molecule has 0 heterocycles. The van der Waals surface area contributed by atoms with Crippen LogP contribution >= 0.6 is 0 Å². The van der Waals surface area contributed by atoms with E-state index in [-0.39, 0.29) is 41.3 Å². The molecule has 26 heavy (non-hydrogen) atoms. The molecule has 0 aliphatic rings. The summed E-state index contributed by atoms with van der Waals surface area (Å²) in [4.78, 5) is -0.392. The topological polar surface area (TPSA) is 133 Å². The van der Waals surface area contributed by atoms with E-state index in [2.05, 4.69) is 4.18 Å². The quantitative estimate of drug-likeness (QED) is 0.325. The number of benzene rings is 2. The van der Waals surface area contributed by atoms with Crippen LogP contribution in [0.4, 0.5) is 0 Å². The Labute approximate surface area is 175 Å². The number of hydrogen-bond donors (Lipinski definition) is 2. The van der Waals surface area contributed by atoms with Crippen molar-refractivity contribution >= 4 is 61.9 Å². The minimum absolute atomic E-state index is 0. The molecule has 0 amide bonds. The molecule has 2 aromatic carbocycles. The Kier molecular flexibility index (Phi) is 10.0. The summed E-state index contributed by atoms with van der Waals surface area (Å²) in [6.45, 7) is 0. The maximum absolute atomic E-state index is 11.8. The molecule has 10 heteroatoms. The summed E-state index contributed by atoms with van der Waals surface area (Å²) in [6.07, 6.45) is 3.52. The Morgan fingerprint density at radius 3 is 2.04 bits per heavy atom. The first-order chi connectivity index (χ1) is 11.3. The standard InChI is InChI=1S/C16H14O6S2.H3N.Na.H/c17-23(18,22-12-10-14-6-2-1-3-7-14)13-11-15-8-4-5-9-16(15)24(19,20)21;;;/h1-13H,(H,19,20,21);1H3;;. The zero-order valence-electron chi connectivity index (χ0n) is 13.0. The molecule has 0 bridgehead atoms. The van der Waals surface area contributed by atoms with Crippen LogP contribution in [0.2, 0.25) is 0 Å². The Bertz CT molecular complexity index is 971. The van der Waals surface area contributed by atoms with Gasteiger partial charge in [-0.3, -0.25) is 4.55 Å². The molecule has 0 aromatic heterocycles. The Morgan fingerprint density at radius 2 is 1.42 bits per heavy atom. The Balaban J connectivity index is 0.00000312. The third-order valence-corrected chi connectivity index (χ3v) is 4.64. The first kappa shape index (κ1) is 24.5. The maximum atomic E-state index is 11.8. The number of rotatable bonds is 6. The fraction of sp³-hybridized carbons (Fsp3) is 0. The summed E-state index contributed by atoms with van der Waals surface area (Å²) in [5, 5.41) is 0.715. The molecular weight excluding hydrogens is 389 g/mol. The van der Waals surface area contributed by atoms with Gasteiger partial charge in [0.2, 0.25) is 0 Å². The van der Waals surface area contributed by atoms with E-state index < -0.39 is 25.1 Å². The molecule has 0 unspecified atom stereocenters. The van der Waals surface area contributed by atoms with Gasteiger partial charge in [0, 0.05) is 0 Å². The van der Waals surface area contributed by atoms with Crippen LogP contribution in [0.5, 0.6) is 0 Å². The molecule has 136 valence electrons. The third-order valence-electron chi connectivity index (χ3n) is 2.86. The van der Waals surface area contributed by atoms with E-state index in [4.69, 9.17) is 4.55 Å². The molecule has 2 aromatic rings. The van der Waals surface area contributed by atoms with Crippen molar-refractivity contribution in [2.75, 3.05) is 0 Å². The van der Waals surface area contributed by atoms with Crippen molar-refractivity contribution in [3.63, 3.8) is 0 Å². The van der Waals surface area contributed by atoms with Crippen LogP contribution in [-0.2, 0) is 24.4 Å². The summed E-state index contributed by atoms with van der Waals surface area (Å²) in [6, 6.07) is 14.4. The second kappa shape index (κ2) is 10.6. The fourth-order valence-corrected chi connectivity index (χ4v) is 3.06. The van der Waals surface area contributed by atoms with E-state index in [1.165, 1.54) is 24.3 Å². The second-order valence-electron chi connectivity index (χ2n) is 4.62. The van der Waals surface area contributed by atoms with Gasteiger partial charge in [-0.25, -0.2) is 0 Å². The summed E-state index contributed by atoms with van der Waals surface area (Å²) in [7, 11) is -8.51. The van der Waals surface area contributed by atoms with Crippen molar-refractivity contribution in [2.24, 2.45) is 0 Å². The van der Waals surface area contributed by atoms with Crippen molar-refractivity contribution in [3.05, 3.63) is 77.4 Å². The molecule has 0 aliphatic carbocycles. The van der Waals surface area contributed by atoms with Crippen molar-refractivity contribution < 1.29 is 25.6 Å². The monoisotopic (exact) mass is 407 g/mol. The van der Waals surface area contributed by atoms with Gasteiger partial charge in [0.1, 0.15) is 11.2 Å². The van der Waals surface area contributed by atoms with Crippen molar-refractivity contribution in [1.29, 1.82) is 0 Å². The van der Waals surface area contributed by atoms with E-state index in [1.54, 1.807) is 24.3 Å². The summed E-state index contributed by atoms with van der Waals surface area (Å²) in [5.41, 5.74) is 0.785. The molecule has 0 atom stereocenters. The molecule has 0 spiro atoms. The molecule has 0 saturated heterocycles. The predicted molar refractivity (Wildman–Crippen MR) is 103 cm³/mol. The Hall–Kier alpha value is -1.46. The van der Waals surface area contributed by atoms with Crippen LogP contribution < -0.4 is 6.15 Å². The van der Waals surface area contributed by atoms with E-state index in [0.717, 1.165) is 24.0 Å². The minimum atomic E-state index is -4.46. The van der Waals surface area contributed by atoms with E-state index in [9.17, 15) is 16.8 Å². The van der Waals surface area contributed by atoms with Crippen LogP contribution in [0.15, 0.2) is 71.2 Å². The SMILES string of the molecule is N.O=S(=O)(C=Cc1ccccc1S(=O)(=O)O)OC=Cc1ccccc1.[NaH]. The van der Waals surface area contributed by atoms with E-state index in [0.29, 0.717) is 5.41 Å². The van der Waals surface area contributed by atoms with E-state index >= 15 is 0 Å². The van der Waals surface area contributed by atoms with Gasteiger partial charge in [0.25, 0.3) is 10.1 Å². The first-order valence-corrected chi connectivity index (χ1v) is 9.58. The van der Waals surface area contributed by atoms with Gasteiger partial charge in [-0.15, -0.1) is 0 Å². The van der Waals surface area contributed by atoms with Gasteiger partial charge < -0.3 is 10.3 Å². The third kappa shape index (κ3) is 7.83. The fourth-order valence-electron chi connectivity index (χ4n) is 1.79. The van der Waals surface area contributed by atoms with Gasteiger partial charge in [-0.1, -0.05) is 48.5 Å². The molecular formula is C16H18NNaO6S2. The molecule has 0 radical (unpaired) electrons. The number of hydrogen-bond acceptors (Lipinski definition) is 6. The average molecular weight is 407 g/mol. The summed E-state index contributed by atoms with van der Waals surface area (Å²) < 4.78 is 59.8. The van der Waals surface area contributed by atoms with Gasteiger partial charge >= 0.3 is 39.7 Å². The van der Waals surface area contributed by atoms with Crippen molar-refractivity contribution in [3.8, 4) is 0 Å². The summed E-state index contributed by atoms with van der Waals surface area (Å²) in [5.74, 6) is 0. The zero-order chi connectivity index (χ0) is 17.6. The van der Waals surface area contributed by atoms with Crippen LogP contribution in [0.25, 0.3) is 12.2 Å². The normalized spacial score (nSPS) is 11.7. The van der Waals surface area contributed by atoms with Crippen molar-refractivity contribution in [2.45, 2.75) is 4.90 Å². The van der Waals surface area contributed by atoms with Crippen LogP contribution in [0.1, 0.15) is 11.1 Å². The van der Waals surface area contributed by atoms with Crippen LogP contribution in [-0.4, -0.2) is 50.9 Å². The molecule has 7 nitrogen and oxygen atoms in total. The average Bonchev–Trinajstić information content (AvgIpc) is 2.53.